The Hall–Kier alpha value is -2.95. The summed E-state index contributed by atoms with van der Waals surface area (Å²) in [5.41, 5.74) is 4.08. The van der Waals surface area contributed by atoms with Crippen LogP contribution in [-0.4, -0.2) is 23.3 Å². The zero-order valence-electron chi connectivity index (χ0n) is 14.7. The molecule has 0 bridgehead atoms. The molecule has 5 heteroatoms. The van der Waals surface area contributed by atoms with Crippen molar-refractivity contribution in [2.45, 2.75) is 27.2 Å². The van der Waals surface area contributed by atoms with E-state index >= 15 is 0 Å². The number of nitrogens with one attached hydrogen (secondary N) is 1. The van der Waals surface area contributed by atoms with Crippen LogP contribution in [0.1, 0.15) is 26.3 Å². The molecule has 0 saturated heterocycles. The van der Waals surface area contributed by atoms with Crippen LogP contribution < -0.4 is 5.32 Å². The third-order valence-electron chi connectivity index (χ3n) is 3.72. The van der Waals surface area contributed by atoms with Crippen molar-refractivity contribution in [1.82, 2.24) is 4.98 Å². The van der Waals surface area contributed by atoms with Gasteiger partial charge in [-0.1, -0.05) is 19.1 Å². The number of ketones is 1. The summed E-state index contributed by atoms with van der Waals surface area (Å²) in [5.74, 6) is -0.967. The third-order valence-corrected chi connectivity index (χ3v) is 3.72. The number of ether oxygens (including phenoxy) is 1. The molecule has 5 nitrogen and oxygen atoms in total. The first-order valence-corrected chi connectivity index (χ1v) is 8.24. The first kappa shape index (κ1) is 18.4. The van der Waals surface area contributed by atoms with Gasteiger partial charge in [0.25, 0.3) is 0 Å². The Balaban J connectivity index is 2.28. The van der Waals surface area contributed by atoms with E-state index in [9.17, 15) is 9.59 Å². The molecule has 0 aliphatic carbocycles. The van der Waals surface area contributed by atoms with Gasteiger partial charge in [0, 0.05) is 24.3 Å². The number of carbonyl (C=O) groups is 2. The second-order valence-corrected chi connectivity index (χ2v) is 5.45. The van der Waals surface area contributed by atoms with Crippen LogP contribution in [0.15, 0.2) is 54.5 Å². The minimum Gasteiger partial charge on any atom is -0.462 e. The lowest BCUT2D eigenvalue weighted by Crippen LogP contribution is -2.15. The van der Waals surface area contributed by atoms with E-state index in [-0.39, 0.29) is 18.0 Å². The van der Waals surface area contributed by atoms with E-state index in [1.807, 2.05) is 36.5 Å². The molecule has 1 aromatic carbocycles. The number of carbonyl (C=O) groups excluding carboxylic acids is 2. The standard InChI is InChI=1S/C20H22N2O3/c1-4-15-12-21-10-9-18(15)16-7-6-8-17(11-16)22-13-19(14(3)23)20(24)25-5-2/h6-13,22H,4-5H2,1-3H3/b19-13-. The summed E-state index contributed by atoms with van der Waals surface area (Å²) in [5, 5.41) is 3.01. The molecule has 1 N–H and O–H groups in total. The zero-order valence-corrected chi connectivity index (χ0v) is 14.7. The predicted molar refractivity (Wildman–Crippen MR) is 98.1 cm³/mol. The van der Waals surface area contributed by atoms with Crippen LogP contribution in [0.2, 0.25) is 0 Å². The molecular formula is C20H22N2O3. The fourth-order valence-electron chi connectivity index (χ4n) is 2.44. The number of Topliss-reactive ketones (excluding diaryl/α,β-unsaturated/α-hetero) is 1. The molecule has 0 spiro atoms. The summed E-state index contributed by atoms with van der Waals surface area (Å²) in [6, 6.07) is 9.75. The number of hydrogen-bond acceptors (Lipinski definition) is 5. The van der Waals surface area contributed by atoms with Crippen molar-refractivity contribution in [2.24, 2.45) is 0 Å². The van der Waals surface area contributed by atoms with Gasteiger partial charge in [-0.15, -0.1) is 0 Å². The van der Waals surface area contributed by atoms with Gasteiger partial charge in [-0.2, -0.15) is 0 Å². The average Bonchev–Trinajstić information content (AvgIpc) is 2.62. The molecule has 0 aliphatic heterocycles. The number of esters is 1. The molecule has 2 rings (SSSR count). The van der Waals surface area contributed by atoms with E-state index < -0.39 is 5.97 Å². The molecule has 0 fully saturated rings. The quantitative estimate of drug-likeness (QED) is 0.360. The number of aryl methyl sites for hydroxylation is 1. The number of anilines is 1. The zero-order chi connectivity index (χ0) is 18.2. The molecule has 0 saturated carbocycles. The van der Waals surface area contributed by atoms with Crippen molar-refractivity contribution in [3.05, 3.63) is 60.1 Å². The largest absolute Gasteiger partial charge is 0.462 e. The van der Waals surface area contributed by atoms with Gasteiger partial charge >= 0.3 is 5.97 Å². The summed E-state index contributed by atoms with van der Waals surface area (Å²) in [6.07, 6.45) is 5.91. The van der Waals surface area contributed by atoms with Crippen LogP contribution in [0.5, 0.6) is 0 Å². The van der Waals surface area contributed by atoms with Crippen molar-refractivity contribution in [3.63, 3.8) is 0 Å². The Kier molecular flexibility index (Phi) is 6.46. The normalized spacial score (nSPS) is 11.1. The van der Waals surface area contributed by atoms with Crippen molar-refractivity contribution >= 4 is 17.4 Å². The Morgan fingerprint density at radius 3 is 2.72 bits per heavy atom. The number of hydrogen-bond donors (Lipinski definition) is 1. The van der Waals surface area contributed by atoms with E-state index in [1.54, 1.807) is 13.1 Å². The van der Waals surface area contributed by atoms with Gasteiger partial charge in [0.15, 0.2) is 5.78 Å². The molecule has 1 heterocycles. The minimum absolute atomic E-state index is 0.00888. The number of pyridine rings is 1. The van der Waals surface area contributed by atoms with Crippen molar-refractivity contribution < 1.29 is 14.3 Å². The van der Waals surface area contributed by atoms with Crippen LogP contribution in [0, 0.1) is 0 Å². The van der Waals surface area contributed by atoms with Gasteiger partial charge in [-0.3, -0.25) is 9.78 Å². The number of benzene rings is 1. The summed E-state index contributed by atoms with van der Waals surface area (Å²) >= 11 is 0. The first-order chi connectivity index (χ1) is 12.1. The van der Waals surface area contributed by atoms with Crippen molar-refractivity contribution in [2.75, 3.05) is 11.9 Å². The van der Waals surface area contributed by atoms with Gasteiger partial charge in [0.05, 0.1) is 6.61 Å². The van der Waals surface area contributed by atoms with Gasteiger partial charge in [0.1, 0.15) is 5.57 Å². The third kappa shape index (κ3) is 4.76. The lowest BCUT2D eigenvalue weighted by molar-refractivity contribution is -0.139. The van der Waals surface area contributed by atoms with Crippen LogP contribution in [0.3, 0.4) is 0 Å². The predicted octanol–water partition coefficient (Wildman–Crippen LogP) is 3.76. The van der Waals surface area contributed by atoms with Gasteiger partial charge in [0.2, 0.25) is 0 Å². The lowest BCUT2D eigenvalue weighted by Gasteiger charge is -2.10. The molecule has 130 valence electrons. The second kappa shape index (κ2) is 8.78. The number of rotatable bonds is 7. The topological polar surface area (TPSA) is 68.3 Å². The molecule has 2 aromatic rings. The Morgan fingerprint density at radius 2 is 2.04 bits per heavy atom. The summed E-state index contributed by atoms with van der Waals surface area (Å²) in [7, 11) is 0. The lowest BCUT2D eigenvalue weighted by atomic mass is 10.00. The van der Waals surface area contributed by atoms with E-state index in [2.05, 4.69) is 17.2 Å². The molecule has 0 atom stereocenters. The fourth-order valence-corrected chi connectivity index (χ4v) is 2.44. The monoisotopic (exact) mass is 338 g/mol. The Morgan fingerprint density at radius 1 is 1.24 bits per heavy atom. The van der Waals surface area contributed by atoms with Crippen LogP contribution in [0.25, 0.3) is 11.1 Å². The maximum absolute atomic E-state index is 11.8. The van der Waals surface area contributed by atoms with Crippen LogP contribution >= 0.6 is 0 Å². The van der Waals surface area contributed by atoms with Crippen molar-refractivity contribution in [1.29, 1.82) is 0 Å². The van der Waals surface area contributed by atoms with Crippen LogP contribution in [0.4, 0.5) is 5.69 Å². The average molecular weight is 338 g/mol. The minimum atomic E-state index is -0.624. The SMILES string of the molecule is CCOC(=O)/C(=C\Nc1cccc(-c2ccncc2CC)c1)C(C)=O. The molecule has 0 aliphatic rings. The highest BCUT2D eigenvalue weighted by Gasteiger charge is 2.15. The highest BCUT2D eigenvalue weighted by atomic mass is 16.5. The molecule has 1 aromatic heterocycles. The van der Waals surface area contributed by atoms with Gasteiger partial charge in [-0.25, -0.2) is 4.79 Å². The second-order valence-electron chi connectivity index (χ2n) is 5.45. The first-order valence-electron chi connectivity index (χ1n) is 8.24. The van der Waals surface area contributed by atoms with E-state index in [4.69, 9.17) is 4.74 Å². The number of nitrogens with zero attached hydrogens (tertiary/aromatic N) is 1. The molecule has 25 heavy (non-hydrogen) atoms. The molecular weight excluding hydrogens is 316 g/mol. The van der Waals surface area contributed by atoms with Crippen molar-refractivity contribution in [3.8, 4) is 11.1 Å². The number of aromatic nitrogens is 1. The van der Waals surface area contributed by atoms with Gasteiger partial charge < -0.3 is 10.1 Å². The smallest absolute Gasteiger partial charge is 0.343 e. The maximum Gasteiger partial charge on any atom is 0.343 e. The summed E-state index contributed by atoms with van der Waals surface area (Å²) < 4.78 is 4.90. The van der Waals surface area contributed by atoms with E-state index in [0.29, 0.717) is 0 Å². The Labute approximate surface area is 147 Å². The maximum atomic E-state index is 11.8. The van der Waals surface area contributed by atoms with E-state index in [1.165, 1.54) is 13.1 Å². The van der Waals surface area contributed by atoms with Gasteiger partial charge in [-0.05, 0) is 55.2 Å². The van der Waals surface area contributed by atoms with Crippen LogP contribution in [-0.2, 0) is 20.7 Å². The fraction of sp³-hybridized carbons (Fsp3) is 0.250. The highest BCUT2D eigenvalue weighted by Crippen LogP contribution is 2.26. The molecule has 0 radical (unpaired) electrons. The Bertz CT molecular complexity index is 797. The summed E-state index contributed by atoms with van der Waals surface area (Å²) in [6.45, 7) is 5.35. The molecule has 0 unspecified atom stereocenters. The molecule has 0 amide bonds. The highest BCUT2D eigenvalue weighted by molar-refractivity contribution is 6.16. The summed E-state index contributed by atoms with van der Waals surface area (Å²) in [4.78, 5) is 27.6. The van der Waals surface area contributed by atoms with E-state index in [0.717, 1.165) is 28.8 Å².